The van der Waals surface area contributed by atoms with Gasteiger partial charge in [-0.25, -0.2) is 8.42 Å². The molecule has 4 rings (SSSR count). The topological polar surface area (TPSA) is 71.7 Å². The largest absolute Gasteiger partial charge is 0.305 e. The number of hydrogen-bond acceptors (Lipinski definition) is 4. The van der Waals surface area contributed by atoms with Crippen LogP contribution in [0.5, 0.6) is 0 Å². The van der Waals surface area contributed by atoms with E-state index in [0.717, 1.165) is 40.4 Å². The van der Waals surface area contributed by atoms with Crippen LogP contribution in [0.1, 0.15) is 43.0 Å². The number of carbonyl (C=O) groups is 1. The molecule has 2 aromatic carbocycles. The van der Waals surface area contributed by atoms with Crippen LogP contribution in [0.3, 0.4) is 0 Å². The first kappa shape index (κ1) is 23.9. The molecule has 0 radical (unpaired) electrons. The molecule has 3 aromatic rings. The van der Waals surface area contributed by atoms with Gasteiger partial charge < -0.3 is 4.57 Å². The normalized spacial score (nSPS) is 17.8. The Morgan fingerprint density at radius 2 is 2.00 bits per heavy atom. The highest BCUT2D eigenvalue weighted by Gasteiger charge is 2.32. The molecular formula is C24H24BrN3O3S2. The molecule has 0 saturated carbocycles. The van der Waals surface area contributed by atoms with Gasteiger partial charge in [0.2, 0.25) is 10.0 Å². The number of terminal acetylenes is 1. The number of benzene rings is 2. The van der Waals surface area contributed by atoms with E-state index in [4.69, 9.17) is 6.42 Å². The lowest BCUT2D eigenvalue weighted by Crippen LogP contribution is -2.43. The number of rotatable bonds is 5. The molecule has 1 aliphatic heterocycles. The Kier molecular flexibility index (Phi) is 7.19. The summed E-state index contributed by atoms with van der Waals surface area (Å²) in [6.45, 7) is 2.84. The SMILES string of the molecule is C#CCn1c(=NC(=O)c2ccc(S(=O)(=O)N3CCCCC3CC)cc2)sc2cc(Br)ccc21. The predicted molar refractivity (Wildman–Crippen MR) is 135 cm³/mol. The van der Waals surface area contributed by atoms with Gasteiger partial charge in [-0.05, 0) is 61.7 Å². The lowest BCUT2D eigenvalue weighted by atomic mass is 10.0. The van der Waals surface area contributed by atoms with Gasteiger partial charge in [-0.2, -0.15) is 9.30 Å². The predicted octanol–water partition coefficient (Wildman–Crippen LogP) is 4.79. The van der Waals surface area contributed by atoms with E-state index in [2.05, 4.69) is 26.8 Å². The van der Waals surface area contributed by atoms with E-state index in [1.165, 1.54) is 35.6 Å². The average Bonchev–Trinajstić information content (AvgIpc) is 3.15. The molecule has 172 valence electrons. The highest BCUT2D eigenvalue weighted by atomic mass is 79.9. The number of sulfonamides is 1. The van der Waals surface area contributed by atoms with Crippen molar-refractivity contribution < 1.29 is 13.2 Å². The molecule has 2 heterocycles. The fourth-order valence-corrected chi connectivity index (χ4v) is 7.48. The van der Waals surface area contributed by atoms with Gasteiger partial charge in [0.15, 0.2) is 4.80 Å². The summed E-state index contributed by atoms with van der Waals surface area (Å²) in [4.78, 5) is 17.9. The molecule has 0 spiro atoms. The third-order valence-corrected chi connectivity index (χ3v) is 9.34. The highest BCUT2D eigenvalue weighted by molar-refractivity contribution is 9.10. The molecule has 0 N–H and O–H groups in total. The van der Waals surface area contributed by atoms with Crippen LogP contribution in [-0.2, 0) is 16.6 Å². The van der Waals surface area contributed by atoms with E-state index >= 15 is 0 Å². The highest BCUT2D eigenvalue weighted by Crippen LogP contribution is 2.27. The second-order valence-electron chi connectivity index (χ2n) is 7.90. The van der Waals surface area contributed by atoms with Gasteiger partial charge in [0, 0.05) is 22.6 Å². The van der Waals surface area contributed by atoms with Crippen LogP contribution in [-0.4, -0.2) is 35.8 Å². The van der Waals surface area contributed by atoms with E-state index in [1.54, 1.807) is 4.31 Å². The quantitative estimate of drug-likeness (QED) is 0.432. The Bertz CT molecular complexity index is 1400. The van der Waals surface area contributed by atoms with Crippen molar-refractivity contribution in [1.29, 1.82) is 0 Å². The fourth-order valence-electron chi connectivity index (χ4n) is 4.13. The van der Waals surface area contributed by atoms with E-state index < -0.39 is 15.9 Å². The molecule has 9 heteroatoms. The van der Waals surface area contributed by atoms with Crippen molar-refractivity contribution in [3.8, 4) is 12.3 Å². The van der Waals surface area contributed by atoms with Gasteiger partial charge in [-0.1, -0.05) is 46.5 Å². The number of thiazole rings is 1. The van der Waals surface area contributed by atoms with Gasteiger partial charge in [-0.15, -0.1) is 6.42 Å². The van der Waals surface area contributed by atoms with Crippen LogP contribution in [0.2, 0.25) is 0 Å². The summed E-state index contributed by atoms with van der Waals surface area (Å²) >= 11 is 4.84. The average molecular weight is 547 g/mol. The Balaban J connectivity index is 1.65. The monoisotopic (exact) mass is 545 g/mol. The number of carbonyl (C=O) groups excluding carboxylic acids is 1. The summed E-state index contributed by atoms with van der Waals surface area (Å²) in [5.41, 5.74) is 1.23. The molecule has 1 amide bonds. The van der Waals surface area contributed by atoms with Crippen LogP contribution in [0, 0.1) is 12.3 Å². The van der Waals surface area contributed by atoms with E-state index in [0.29, 0.717) is 23.5 Å². The molecule has 33 heavy (non-hydrogen) atoms. The van der Waals surface area contributed by atoms with Gasteiger partial charge >= 0.3 is 0 Å². The number of aromatic nitrogens is 1. The number of hydrogen-bond donors (Lipinski definition) is 0. The molecule has 6 nitrogen and oxygen atoms in total. The third-order valence-electron chi connectivity index (χ3n) is 5.84. The fraction of sp³-hybridized carbons (Fsp3) is 0.333. The van der Waals surface area contributed by atoms with Crippen molar-refractivity contribution in [3.05, 3.63) is 57.3 Å². The lowest BCUT2D eigenvalue weighted by Gasteiger charge is -2.34. The van der Waals surface area contributed by atoms with Gasteiger partial charge in [0.25, 0.3) is 5.91 Å². The molecule has 0 aliphatic carbocycles. The second kappa shape index (κ2) is 9.94. The number of piperidine rings is 1. The summed E-state index contributed by atoms with van der Waals surface area (Å²) in [5, 5.41) is 0. The molecular weight excluding hydrogens is 522 g/mol. The first-order chi connectivity index (χ1) is 15.8. The van der Waals surface area contributed by atoms with Crippen LogP contribution in [0.4, 0.5) is 0 Å². The summed E-state index contributed by atoms with van der Waals surface area (Å²) in [5.74, 6) is 2.16. The van der Waals surface area contributed by atoms with E-state index in [-0.39, 0.29) is 10.9 Å². The summed E-state index contributed by atoms with van der Waals surface area (Å²) in [6.07, 6.45) is 9.12. The van der Waals surface area contributed by atoms with Crippen LogP contribution >= 0.6 is 27.3 Å². The van der Waals surface area contributed by atoms with Crippen molar-refractivity contribution in [3.63, 3.8) is 0 Å². The maximum absolute atomic E-state index is 13.2. The van der Waals surface area contributed by atoms with Crippen molar-refractivity contribution in [1.82, 2.24) is 8.87 Å². The van der Waals surface area contributed by atoms with Crippen molar-refractivity contribution >= 4 is 53.4 Å². The van der Waals surface area contributed by atoms with Crippen molar-refractivity contribution in [2.45, 2.75) is 50.1 Å². The van der Waals surface area contributed by atoms with Crippen molar-refractivity contribution in [2.24, 2.45) is 4.99 Å². The summed E-state index contributed by atoms with van der Waals surface area (Å²) < 4.78 is 31.6. The van der Waals surface area contributed by atoms with Crippen LogP contribution < -0.4 is 4.80 Å². The zero-order valence-electron chi connectivity index (χ0n) is 18.2. The minimum atomic E-state index is -3.60. The second-order valence-corrected chi connectivity index (χ2v) is 11.7. The lowest BCUT2D eigenvalue weighted by molar-refractivity contribution is 0.0997. The summed E-state index contributed by atoms with van der Waals surface area (Å²) in [7, 11) is -3.60. The van der Waals surface area contributed by atoms with Crippen molar-refractivity contribution in [2.75, 3.05) is 6.54 Å². The van der Waals surface area contributed by atoms with E-state index in [1.807, 2.05) is 29.7 Å². The van der Waals surface area contributed by atoms with Crippen LogP contribution in [0.25, 0.3) is 10.2 Å². The first-order valence-corrected chi connectivity index (χ1v) is 13.8. The molecule has 1 atom stereocenters. The zero-order valence-corrected chi connectivity index (χ0v) is 21.4. The molecule has 0 bridgehead atoms. The molecule has 1 unspecified atom stereocenters. The van der Waals surface area contributed by atoms with E-state index in [9.17, 15) is 13.2 Å². The number of amides is 1. The standard InChI is InChI=1S/C24H24BrN3O3S2/c1-3-14-27-21-13-10-18(25)16-22(21)32-24(27)26-23(29)17-8-11-20(12-9-17)33(30,31)28-15-6-5-7-19(28)4-2/h1,8-13,16,19H,4-7,14-15H2,2H3. The molecule has 1 aromatic heterocycles. The number of nitrogens with zero attached hydrogens (tertiary/aromatic N) is 3. The Morgan fingerprint density at radius 3 is 2.70 bits per heavy atom. The Labute approximate surface area is 206 Å². The number of halogens is 1. The number of fused-ring (bicyclic) bond motifs is 1. The third kappa shape index (κ3) is 4.85. The maximum Gasteiger partial charge on any atom is 0.279 e. The molecule has 1 aliphatic rings. The first-order valence-electron chi connectivity index (χ1n) is 10.8. The van der Waals surface area contributed by atoms with Crippen LogP contribution in [0.15, 0.2) is 56.8 Å². The summed E-state index contributed by atoms with van der Waals surface area (Å²) in [6, 6.07) is 11.9. The minimum absolute atomic E-state index is 0.0275. The molecule has 1 fully saturated rings. The maximum atomic E-state index is 13.2. The Morgan fingerprint density at radius 1 is 1.24 bits per heavy atom. The van der Waals surface area contributed by atoms with Gasteiger partial charge in [-0.3, -0.25) is 4.79 Å². The van der Waals surface area contributed by atoms with Gasteiger partial charge in [0.05, 0.1) is 21.7 Å². The Hall–Kier alpha value is -2.25. The smallest absolute Gasteiger partial charge is 0.279 e. The van der Waals surface area contributed by atoms with Gasteiger partial charge in [0.1, 0.15) is 0 Å². The minimum Gasteiger partial charge on any atom is -0.305 e. The zero-order chi connectivity index (χ0) is 23.6. The molecule has 1 saturated heterocycles.